The highest BCUT2D eigenvalue weighted by Crippen LogP contribution is 2.45. The quantitative estimate of drug-likeness (QED) is 0.163. The van der Waals surface area contributed by atoms with Crippen LogP contribution >= 0.6 is 11.3 Å². The van der Waals surface area contributed by atoms with Crippen LogP contribution in [0.5, 0.6) is 0 Å². The lowest BCUT2D eigenvalue weighted by Gasteiger charge is -2.26. The van der Waals surface area contributed by atoms with Gasteiger partial charge in [0.05, 0.1) is 27.0 Å². The summed E-state index contributed by atoms with van der Waals surface area (Å²) < 4.78 is 8.96. The number of hydrogen-bond donors (Lipinski definition) is 0. The second kappa shape index (κ2) is 13.7. The van der Waals surface area contributed by atoms with Gasteiger partial charge in [0.2, 0.25) is 0 Å². The average Bonchev–Trinajstić information content (AvgIpc) is 3.86. The molecule has 0 aliphatic rings. The normalized spacial score (nSPS) is 11.5. The van der Waals surface area contributed by atoms with Crippen molar-refractivity contribution in [1.29, 1.82) is 0 Å². The molecular weight excluding hydrogens is 715 g/mol. The largest absolute Gasteiger partial charge is 0.456 e. The van der Waals surface area contributed by atoms with Crippen LogP contribution in [0.15, 0.2) is 205 Å². The van der Waals surface area contributed by atoms with Gasteiger partial charge < -0.3 is 9.32 Å². The zero-order chi connectivity index (χ0) is 37.7. The molecule has 0 unspecified atom stereocenters. The van der Waals surface area contributed by atoms with Crippen molar-refractivity contribution in [2.24, 2.45) is 0 Å². The Morgan fingerprint density at radius 3 is 1.72 bits per heavy atom. The van der Waals surface area contributed by atoms with Crippen LogP contribution in [0.4, 0.5) is 17.1 Å². The van der Waals surface area contributed by atoms with Crippen LogP contribution in [0.1, 0.15) is 0 Å². The lowest BCUT2D eigenvalue weighted by atomic mass is 10.0. The number of fused-ring (bicyclic) bond motifs is 6. The summed E-state index contributed by atoms with van der Waals surface area (Å²) in [6, 6.07) is 70.2. The maximum atomic E-state index is 6.69. The smallest absolute Gasteiger partial charge is 0.160 e. The Morgan fingerprint density at radius 2 is 1.00 bits per heavy atom. The summed E-state index contributed by atoms with van der Waals surface area (Å²) in [5, 5.41) is 3.22. The Labute approximate surface area is 333 Å². The molecule has 0 aliphatic carbocycles. The molecule has 268 valence electrons. The van der Waals surface area contributed by atoms with Gasteiger partial charge in [-0.15, -0.1) is 11.3 Å². The maximum absolute atomic E-state index is 6.69. The van der Waals surface area contributed by atoms with Crippen molar-refractivity contribution >= 4 is 70.6 Å². The predicted molar refractivity (Wildman–Crippen MR) is 239 cm³/mol. The van der Waals surface area contributed by atoms with Gasteiger partial charge in [-0.25, -0.2) is 9.97 Å². The Morgan fingerprint density at radius 1 is 0.421 bits per heavy atom. The fraction of sp³-hybridized carbons (Fsp3) is 0. The lowest BCUT2D eigenvalue weighted by Crippen LogP contribution is -2.10. The first-order chi connectivity index (χ1) is 28.2. The molecule has 0 saturated heterocycles. The molecule has 0 fully saturated rings. The number of hydrogen-bond acceptors (Lipinski definition) is 5. The van der Waals surface area contributed by atoms with E-state index in [1.54, 1.807) is 11.3 Å². The van der Waals surface area contributed by atoms with Crippen molar-refractivity contribution in [3.63, 3.8) is 0 Å². The molecule has 11 rings (SSSR count). The van der Waals surface area contributed by atoms with Crippen LogP contribution in [0.3, 0.4) is 0 Å². The molecule has 0 bridgehead atoms. The van der Waals surface area contributed by atoms with Crippen LogP contribution in [0.25, 0.3) is 87.1 Å². The molecule has 0 aliphatic heterocycles. The molecule has 4 nitrogen and oxygen atoms in total. The number of rotatable bonds is 7. The molecule has 0 amide bonds. The fourth-order valence-corrected chi connectivity index (χ4v) is 9.09. The number of furan rings is 1. The summed E-state index contributed by atoms with van der Waals surface area (Å²) in [7, 11) is 0. The van der Waals surface area contributed by atoms with E-state index < -0.39 is 0 Å². The molecule has 11 aromatic rings. The van der Waals surface area contributed by atoms with Gasteiger partial charge >= 0.3 is 0 Å². The standard InChI is InChI=1S/C52H33N3OS/c1-4-13-34(14-5-1)36-23-25-38(26-24-36)49-51-50(43-19-10-11-22-47(43)57-51)54-52(53-49)39-29-32-42-46(33-39)56-45-21-12-20-44(48(42)45)55(40-17-8-3-9-18-40)41-30-27-37(28-31-41)35-15-6-2-7-16-35/h1-33H. The second-order valence-electron chi connectivity index (χ2n) is 14.2. The van der Waals surface area contributed by atoms with E-state index in [4.69, 9.17) is 14.4 Å². The van der Waals surface area contributed by atoms with Crippen molar-refractivity contribution in [3.05, 3.63) is 200 Å². The number of benzene rings is 8. The van der Waals surface area contributed by atoms with E-state index in [1.165, 1.54) is 27.0 Å². The molecule has 0 atom stereocenters. The molecule has 0 saturated carbocycles. The summed E-state index contributed by atoms with van der Waals surface area (Å²) >= 11 is 1.75. The van der Waals surface area contributed by atoms with Crippen LogP contribution in [0.2, 0.25) is 0 Å². The molecule has 3 heterocycles. The Bertz CT molecular complexity index is 3210. The zero-order valence-electron chi connectivity index (χ0n) is 30.7. The number of anilines is 3. The maximum Gasteiger partial charge on any atom is 0.160 e. The first-order valence-electron chi connectivity index (χ1n) is 19.1. The lowest BCUT2D eigenvalue weighted by molar-refractivity contribution is 0.669. The van der Waals surface area contributed by atoms with Gasteiger partial charge in [0.15, 0.2) is 5.82 Å². The molecule has 0 N–H and O–H groups in total. The highest BCUT2D eigenvalue weighted by molar-refractivity contribution is 7.26. The summed E-state index contributed by atoms with van der Waals surface area (Å²) in [6.07, 6.45) is 0. The minimum absolute atomic E-state index is 0.667. The van der Waals surface area contributed by atoms with E-state index in [1.807, 2.05) is 12.1 Å². The van der Waals surface area contributed by atoms with Gasteiger partial charge in [0.1, 0.15) is 11.2 Å². The molecule has 0 spiro atoms. The van der Waals surface area contributed by atoms with Crippen LogP contribution in [-0.2, 0) is 0 Å². The van der Waals surface area contributed by atoms with Gasteiger partial charge in [0.25, 0.3) is 0 Å². The summed E-state index contributed by atoms with van der Waals surface area (Å²) in [5.74, 6) is 0.667. The second-order valence-corrected chi connectivity index (χ2v) is 15.2. The molecule has 8 aromatic carbocycles. The third-order valence-electron chi connectivity index (χ3n) is 10.7. The van der Waals surface area contributed by atoms with Gasteiger partial charge in [-0.3, -0.25) is 0 Å². The van der Waals surface area contributed by atoms with E-state index in [9.17, 15) is 0 Å². The SMILES string of the molecule is c1ccc(-c2ccc(-c3nc(-c4ccc5c(c4)oc4cccc(N(c6ccccc6)c6ccc(-c7ccccc7)cc6)c45)nc4c3sc3ccccc34)cc2)cc1. The van der Waals surface area contributed by atoms with E-state index in [2.05, 4.69) is 193 Å². The van der Waals surface area contributed by atoms with Crippen molar-refractivity contribution in [2.45, 2.75) is 0 Å². The minimum Gasteiger partial charge on any atom is -0.456 e. The van der Waals surface area contributed by atoms with Crippen molar-refractivity contribution < 1.29 is 4.42 Å². The fourth-order valence-electron chi connectivity index (χ4n) is 7.94. The van der Waals surface area contributed by atoms with Gasteiger partial charge in [-0.2, -0.15) is 0 Å². The highest BCUT2D eigenvalue weighted by atomic mass is 32.1. The van der Waals surface area contributed by atoms with Gasteiger partial charge in [0, 0.05) is 38.0 Å². The van der Waals surface area contributed by atoms with E-state index in [0.717, 1.165) is 71.4 Å². The summed E-state index contributed by atoms with van der Waals surface area (Å²) in [6.45, 7) is 0. The highest BCUT2D eigenvalue weighted by Gasteiger charge is 2.21. The van der Waals surface area contributed by atoms with Crippen molar-refractivity contribution in [3.8, 4) is 44.9 Å². The molecule has 3 aromatic heterocycles. The Hall–Kier alpha value is -7.34. The molecular formula is C52H33N3OS. The third-order valence-corrected chi connectivity index (χ3v) is 11.9. The van der Waals surface area contributed by atoms with E-state index in [0.29, 0.717) is 5.82 Å². The van der Waals surface area contributed by atoms with E-state index in [-0.39, 0.29) is 0 Å². The number of thiophene rings is 1. The van der Waals surface area contributed by atoms with Crippen LogP contribution in [0, 0.1) is 0 Å². The van der Waals surface area contributed by atoms with Gasteiger partial charge in [-0.05, 0) is 76.9 Å². The Balaban J connectivity index is 1.04. The first-order valence-corrected chi connectivity index (χ1v) is 19.9. The van der Waals surface area contributed by atoms with Crippen LogP contribution < -0.4 is 4.90 Å². The molecule has 5 heteroatoms. The molecule has 0 radical (unpaired) electrons. The third kappa shape index (κ3) is 5.84. The monoisotopic (exact) mass is 747 g/mol. The summed E-state index contributed by atoms with van der Waals surface area (Å²) in [5.41, 5.74) is 13.4. The first kappa shape index (κ1) is 33.0. The van der Waals surface area contributed by atoms with E-state index >= 15 is 0 Å². The topological polar surface area (TPSA) is 42.2 Å². The predicted octanol–water partition coefficient (Wildman–Crippen LogP) is 14.9. The average molecular weight is 748 g/mol. The van der Waals surface area contributed by atoms with Crippen molar-refractivity contribution in [2.75, 3.05) is 4.90 Å². The minimum atomic E-state index is 0.667. The number of nitrogens with zero attached hydrogens (tertiary/aromatic N) is 3. The van der Waals surface area contributed by atoms with Crippen molar-refractivity contribution in [1.82, 2.24) is 9.97 Å². The van der Waals surface area contributed by atoms with Crippen LogP contribution in [-0.4, -0.2) is 9.97 Å². The Kier molecular flexibility index (Phi) is 7.97. The van der Waals surface area contributed by atoms with Gasteiger partial charge in [-0.1, -0.05) is 146 Å². The number of para-hydroxylation sites is 1. The summed E-state index contributed by atoms with van der Waals surface area (Å²) in [4.78, 5) is 12.9. The zero-order valence-corrected chi connectivity index (χ0v) is 31.5. The number of aromatic nitrogens is 2. The molecule has 57 heavy (non-hydrogen) atoms.